The number of ether oxygens (including phenoxy) is 1. The van der Waals surface area contributed by atoms with Gasteiger partial charge in [0.2, 0.25) is 0 Å². The van der Waals surface area contributed by atoms with E-state index in [0.29, 0.717) is 11.3 Å². The van der Waals surface area contributed by atoms with Gasteiger partial charge in [0.25, 0.3) is 0 Å². The highest BCUT2D eigenvalue weighted by Crippen LogP contribution is 2.27. The molecule has 1 saturated carbocycles. The minimum atomic E-state index is -0.446. The Kier molecular flexibility index (Phi) is 4.49. The summed E-state index contributed by atoms with van der Waals surface area (Å²) in [6, 6.07) is 3.61. The van der Waals surface area contributed by atoms with Crippen molar-refractivity contribution < 1.29 is 14.6 Å². The van der Waals surface area contributed by atoms with Crippen LogP contribution < -0.4 is 11.1 Å². The smallest absolute Gasteiger partial charge is 0.340 e. The largest absolute Gasteiger partial charge is 0.465 e. The van der Waals surface area contributed by atoms with Crippen molar-refractivity contribution in [1.82, 2.24) is 0 Å². The van der Waals surface area contributed by atoms with Crippen LogP contribution in [0.3, 0.4) is 0 Å². The van der Waals surface area contributed by atoms with Crippen LogP contribution in [0.5, 0.6) is 0 Å². The van der Waals surface area contributed by atoms with Gasteiger partial charge in [-0.25, -0.2) is 4.79 Å². The number of nitrogens with one attached hydrogen (secondary N) is 1. The molecule has 2 unspecified atom stereocenters. The van der Waals surface area contributed by atoms with Crippen LogP contribution in [0, 0.1) is 6.92 Å². The molecule has 1 aliphatic carbocycles. The molecule has 0 bridgehead atoms. The lowest BCUT2D eigenvalue weighted by atomic mass is 9.92. The zero-order chi connectivity index (χ0) is 14.7. The first-order valence-electron chi connectivity index (χ1n) is 6.96. The minimum Gasteiger partial charge on any atom is -0.465 e. The van der Waals surface area contributed by atoms with Gasteiger partial charge in [0.1, 0.15) is 0 Å². The summed E-state index contributed by atoms with van der Waals surface area (Å²) in [5, 5.41) is 13.3. The number of aliphatic hydroxyl groups excluding tert-OH is 1. The van der Waals surface area contributed by atoms with Crippen molar-refractivity contribution >= 4 is 17.3 Å². The Hall–Kier alpha value is -1.75. The van der Waals surface area contributed by atoms with Crippen LogP contribution in [-0.2, 0) is 4.74 Å². The molecule has 1 fully saturated rings. The molecule has 0 aliphatic heterocycles. The van der Waals surface area contributed by atoms with Crippen LogP contribution in [0.25, 0.3) is 0 Å². The normalized spacial score (nSPS) is 22.4. The molecular weight excluding hydrogens is 256 g/mol. The second kappa shape index (κ2) is 6.13. The Morgan fingerprint density at radius 2 is 2.10 bits per heavy atom. The predicted molar refractivity (Wildman–Crippen MR) is 78.8 cm³/mol. The van der Waals surface area contributed by atoms with Crippen LogP contribution in [0.15, 0.2) is 12.1 Å². The van der Waals surface area contributed by atoms with Crippen LogP contribution in [-0.4, -0.2) is 30.3 Å². The highest BCUT2D eigenvalue weighted by atomic mass is 16.5. The van der Waals surface area contributed by atoms with Crippen LogP contribution in [0.1, 0.15) is 41.6 Å². The van der Waals surface area contributed by atoms with Gasteiger partial charge in [-0.2, -0.15) is 0 Å². The van der Waals surface area contributed by atoms with Gasteiger partial charge >= 0.3 is 5.97 Å². The molecular formula is C15H22N2O3. The minimum absolute atomic E-state index is 0.0253. The molecule has 5 heteroatoms. The summed E-state index contributed by atoms with van der Waals surface area (Å²) < 4.78 is 4.74. The molecule has 1 aromatic rings. The van der Waals surface area contributed by atoms with E-state index >= 15 is 0 Å². The van der Waals surface area contributed by atoms with E-state index in [1.54, 1.807) is 6.07 Å². The summed E-state index contributed by atoms with van der Waals surface area (Å²) in [6.07, 6.45) is 3.57. The molecule has 0 amide bonds. The van der Waals surface area contributed by atoms with Crippen molar-refractivity contribution in [1.29, 1.82) is 0 Å². The number of hydrogen-bond donors (Lipinski definition) is 3. The van der Waals surface area contributed by atoms with Gasteiger partial charge in [-0.05, 0) is 37.5 Å². The first kappa shape index (κ1) is 14.7. The molecule has 4 N–H and O–H groups in total. The fourth-order valence-corrected chi connectivity index (χ4v) is 2.65. The first-order chi connectivity index (χ1) is 9.52. The van der Waals surface area contributed by atoms with Crippen molar-refractivity contribution in [3.05, 3.63) is 23.3 Å². The van der Waals surface area contributed by atoms with Gasteiger partial charge in [-0.1, -0.05) is 12.8 Å². The molecule has 0 spiro atoms. The molecule has 2 atom stereocenters. The molecule has 110 valence electrons. The molecule has 20 heavy (non-hydrogen) atoms. The monoisotopic (exact) mass is 278 g/mol. The van der Waals surface area contributed by atoms with E-state index < -0.39 is 5.97 Å². The quantitative estimate of drug-likeness (QED) is 0.582. The number of anilines is 2. The van der Waals surface area contributed by atoms with E-state index in [4.69, 9.17) is 10.5 Å². The van der Waals surface area contributed by atoms with Crippen molar-refractivity contribution in [2.45, 2.75) is 44.8 Å². The topological polar surface area (TPSA) is 84.6 Å². The molecule has 1 aromatic carbocycles. The fraction of sp³-hybridized carbons (Fsp3) is 0.533. The first-order valence-corrected chi connectivity index (χ1v) is 6.96. The number of carbonyl (C=O) groups is 1. The average molecular weight is 278 g/mol. The lowest BCUT2D eigenvalue weighted by Crippen LogP contribution is -2.36. The van der Waals surface area contributed by atoms with E-state index in [9.17, 15) is 9.90 Å². The van der Waals surface area contributed by atoms with Crippen molar-refractivity contribution in [3.63, 3.8) is 0 Å². The Bertz CT molecular complexity index is 502. The SMILES string of the molecule is COC(=O)c1cc(NC2CCCCC2O)cc(C)c1N. The van der Waals surface area contributed by atoms with Gasteiger partial charge in [0.05, 0.1) is 24.8 Å². The second-order valence-corrected chi connectivity index (χ2v) is 5.35. The lowest BCUT2D eigenvalue weighted by molar-refractivity contribution is 0.0602. The molecule has 2 rings (SSSR count). The number of benzene rings is 1. The number of aryl methyl sites for hydroxylation is 1. The van der Waals surface area contributed by atoms with Crippen LogP contribution >= 0.6 is 0 Å². The molecule has 0 saturated heterocycles. The number of esters is 1. The van der Waals surface area contributed by atoms with Gasteiger partial charge in [0.15, 0.2) is 0 Å². The maximum absolute atomic E-state index is 11.7. The maximum Gasteiger partial charge on any atom is 0.340 e. The molecule has 0 radical (unpaired) electrons. The fourth-order valence-electron chi connectivity index (χ4n) is 2.65. The van der Waals surface area contributed by atoms with E-state index in [1.807, 2.05) is 13.0 Å². The third kappa shape index (κ3) is 3.04. The average Bonchev–Trinajstić information content (AvgIpc) is 2.44. The van der Waals surface area contributed by atoms with Gasteiger partial charge in [0, 0.05) is 11.4 Å². The van der Waals surface area contributed by atoms with Crippen molar-refractivity contribution in [3.8, 4) is 0 Å². The molecule has 5 nitrogen and oxygen atoms in total. The summed E-state index contributed by atoms with van der Waals surface area (Å²) >= 11 is 0. The van der Waals surface area contributed by atoms with Crippen LogP contribution in [0.4, 0.5) is 11.4 Å². The van der Waals surface area contributed by atoms with E-state index in [2.05, 4.69) is 5.32 Å². The zero-order valence-corrected chi connectivity index (χ0v) is 12.0. The summed E-state index contributed by atoms with van der Waals surface area (Å²) in [5.74, 6) is -0.446. The third-order valence-electron chi connectivity index (χ3n) is 3.87. The summed E-state index contributed by atoms with van der Waals surface area (Å²) in [7, 11) is 1.34. The molecule has 0 heterocycles. The predicted octanol–water partition coefficient (Wildman–Crippen LogP) is 2.08. The lowest BCUT2D eigenvalue weighted by Gasteiger charge is -2.29. The Morgan fingerprint density at radius 1 is 1.40 bits per heavy atom. The van der Waals surface area contributed by atoms with E-state index in [-0.39, 0.29) is 12.1 Å². The number of carbonyl (C=O) groups excluding carboxylic acids is 1. The van der Waals surface area contributed by atoms with E-state index in [1.165, 1.54) is 7.11 Å². The van der Waals surface area contributed by atoms with Gasteiger partial charge < -0.3 is 20.9 Å². The summed E-state index contributed by atoms with van der Waals surface area (Å²) in [5.41, 5.74) is 8.32. The Balaban J connectivity index is 2.23. The number of hydrogen-bond acceptors (Lipinski definition) is 5. The number of aliphatic hydroxyl groups is 1. The Morgan fingerprint density at radius 3 is 2.75 bits per heavy atom. The number of nitrogen functional groups attached to an aromatic ring is 1. The molecule has 0 aromatic heterocycles. The van der Waals surface area contributed by atoms with Gasteiger partial charge in [-0.15, -0.1) is 0 Å². The van der Waals surface area contributed by atoms with E-state index in [0.717, 1.165) is 36.9 Å². The molecule has 1 aliphatic rings. The number of rotatable bonds is 3. The highest BCUT2D eigenvalue weighted by Gasteiger charge is 2.23. The summed E-state index contributed by atoms with van der Waals surface area (Å²) in [4.78, 5) is 11.7. The number of methoxy groups -OCH3 is 1. The van der Waals surface area contributed by atoms with Gasteiger partial charge in [-0.3, -0.25) is 0 Å². The van der Waals surface area contributed by atoms with Crippen molar-refractivity contribution in [2.75, 3.05) is 18.2 Å². The second-order valence-electron chi connectivity index (χ2n) is 5.35. The zero-order valence-electron chi connectivity index (χ0n) is 12.0. The van der Waals surface area contributed by atoms with Crippen molar-refractivity contribution in [2.24, 2.45) is 0 Å². The summed E-state index contributed by atoms with van der Waals surface area (Å²) in [6.45, 7) is 1.85. The standard InChI is InChI=1S/C15H22N2O3/c1-9-7-10(8-11(14(9)16)15(19)20-2)17-12-5-3-4-6-13(12)18/h7-8,12-13,17-18H,3-6,16H2,1-2H3. The highest BCUT2D eigenvalue weighted by molar-refractivity contribution is 5.97. The third-order valence-corrected chi connectivity index (χ3v) is 3.87. The van der Waals surface area contributed by atoms with Crippen LogP contribution in [0.2, 0.25) is 0 Å². The maximum atomic E-state index is 11.7. The Labute approximate surface area is 119 Å². The number of nitrogens with two attached hydrogens (primary N) is 1.